The highest BCUT2D eigenvalue weighted by Gasteiger charge is 2.25. The van der Waals surface area contributed by atoms with E-state index in [2.05, 4.69) is 35.6 Å². The van der Waals surface area contributed by atoms with E-state index in [1.165, 1.54) is 5.56 Å². The first-order valence-electron chi connectivity index (χ1n) is 9.18. The predicted molar refractivity (Wildman–Crippen MR) is 109 cm³/mol. The van der Waals surface area contributed by atoms with Crippen LogP contribution < -0.4 is 14.4 Å². The lowest BCUT2D eigenvalue weighted by molar-refractivity contribution is -0.120. The fraction of sp³-hybridized carbons (Fsp3) is 0.381. The van der Waals surface area contributed by atoms with Crippen LogP contribution in [0, 0.1) is 0 Å². The summed E-state index contributed by atoms with van der Waals surface area (Å²) in [6, 6.07) is 14.6. The van der Waals surface area contributed by atoms with Gasteiger partial charge in [0.1, 0.15) is 12.3 Å². The summed E-state index contributed by atoms with van der Waals surface area (Å²) < 4.78 is 7.48. The molecule has 0 bridgehead atoms. The minimum Gasteiger partial charge on any atom is -0.497 e. The first-order valence-corrected chi connectivity index (χ1v) is 9.95. The van der Waals surface area contributed by atoms with Gasteiger partial charge in [0.25, 0.3) is 0 Å². The minimum atomic E-state index is 0.0685. The van der Waals surface area contributed by atoms with Crippen LogP contribution in [0.3, 0.4) is 0 Å². The smallest absolute Gasteiger partial charge is 0.240 e. The van der Waals surface area contributed by atoms with Gasteiger partial charge >= 0.3 is 0 Å². The van der Waals surface area contributed by atoms with E-state index in [-0.39, 0.29) is 11.9 Å². The molecule has 1 aliphatic heterocycles. The van der Waals surface area contributed by atoms with Crippen molar-refractivity contribution in [3.05, 3.63) is 42.5 Å². The number of rotatable bonds is 7. The van der Waals surface area contributed by atoms with Crippen LogP contribution in [-0.4, -0.2) is 25.6 Å². The third-order valence-corrected chi connectivity index (χ3v) is 5.74. The van der Waals surface area contributed by atoms with Crippen LogP contribution in [-0.2, 0) is 4.79 Å². The lowest BCUT2D eigenvalue weighted by atomic mass is 10.0. The molecule has 1 atom stereocenters. The Morgan fingerprint density at radius 3 is 2.73 bits per heavy atom. The van der Waals surface area contributed by atoms with Crippen LogP contribution in [0.5, 0.6) is 5.75 Å². The summed E-state index contributed by atoms with van der Waals surface area (Å²) >= 11 is 1.62. The van der Waals surface area contributed by atoms with Crippen molar-refractivity contribution in [3.63, 3.8) is 0 Å². The Morgan fingerprint density at radius 2 is 2.00 bits per heavy atom. The van der Waals surface area contributed by atoms with Crippen LogP contribution >= 0.6 is 11.9 Å². The van der Waals surface area contributed by atoms with Crippen LogP contribution in [0.2, 0.25) is 0 Å². The number of nitrogens with one attached hydrogen (secondary N) is 1. The molecule has 4 nitrogen and oxygen atoms in total. The van der Waals surface area contributed by atoms with Gasteiger partial charge in [-0.2, -0.15) is 0 Å². The normalized spacial score (nSPS) is 13.6. The second-order valence-electron chi connectivity index (χ2n) is 6.47. The summed E-state index contributed by atoms with van der Waals surface area (Å²) in [4.78, 5) is 13.8. The van der Waals surface area contributed by atoms with E-state index in [4.69, 9.17) is 4.74 Å². The van der Waals surface area contributed by atoms with Crippen molar-refractivity contribution >= 4 is 23.5 Å². The van der Waals surface area contributed by atoms with E-state index >= 15 is 0 Å². The molecule has 1 heterocycles. The molecule has 0 saturated carbocycles. The summed E-state index contributed by atoms with van der Waals surface area (Å²) in [7, 11) is 1.68. The minimum absolute atomic E-state index is 0.0685. The number of ether oxygens (including phenoxy) is 1. The summed E-state index contributed by atoms with van der Waals surface area (Å²) in [6.45, 7) is 4.60. The van der Waals surface area contributed by atoms with Crippen molar-refractivity contribution in [1.82, 2.24) is 5.32 Å². The van der Waals surface area contributed by atoms with Crippen molar-refractivity contribution in [1.29, 1.82) is 0 Å². The Morgan fingerprint density at radius 1 is 1.19 bits per heavy atom. The third kappa shape index (κ3) is 3.98. The Hall–Kier alpha value is -2.14. The van der Waals surface area contributed by atoms with Crippen LogP contribution in [0.4, 0.5) is 5.69 Å². The molecule has 2 aromatic carbocycles. The van der Waals surface area contributed by atoms with E-state index in [0.29, 0.717) is 6.54 Å². The van der Waals surface area contributed by atoms with Gasteiger partial charge in [-0.15, -0.1) is 0 Å². The van der Waals surface area contributed by atoms with Crippen LogP contribution in [0.1, 0.15) is 33.1 Å². The van der Waals surface area contributed by atoms with Gasteiger partial charge in [-0.25, -0.2) is 0 Å². The quantitative estimate of drug-likeness (QED) is 0.705. The average molecular weight is 371 g/mol. The number of nitrogens with zero attached hydrogens (tertiary/aromatic N) is 1. The first kappa shape index (κ1) is 18.6. The Kier molecular flexibility index (Phi) is 6.09. The van der Waals surface area contributed by atoms with E-state index in [0.717, 1.165) is 41.2 Å². The molecule has 2 aromatic rings. The van der Waals surface area contributed by atoms with Crippen molar-refractivity contribution in [2.24, 2.45) is 0 Å². The molecule has 0 aromatic heterocycles. The molecule has 26 heavy (non-hydrogen) atoms. The van der Waals surface area contributed by atoms with Gasteiger partial charge in [-0.3, -0.25) is 4.79 Å². The molecule has 1 aliphatic rings. The van der Waals surface area contributed by atoms with Gasteiger partial charge in [0.2, 0.25) is 5.91 Å². The molecule has 0 spiro atoms. The number of carbonyl (C=O) groups is 1. The predicted octanol–water partition coefficient (Wildman–Crippen LogP) is 4.88. The van der Waals surface area contributed by atoms with Crippen molar-refractivity contribution < 1.29 is 9.53 Å². The zero-order chi connectivity index (χ0) is 18.5. The second kappa shape index (κ2) is 8.49. The lowest BCUT2D eigenvalue weighted by Gasteiger charge is -2.31. The first-order chi connectivity index (χ1) is 12.7. The Labute approximate surface area is 160 Å². The molecule has 0 aliphatic carbocycles. The highest BCUT2D eigenvalue weighted by molar-refractivity contribution is 8.01. The number of fused-ring (bicyclic) bond motifs is 3. The molecule has 5 heteroatoms. The standard InChI is InChI=1S/C21H26N2O2S/c1-4-8-15(5-2)22-21(24)14-23-19-12-11-16(25-3)13-18(19)17-9-6-7-10-20(17)26-23/h6-7,9-13,15H,4-5,8,14H2,1-3H3,(H,22,24). The molecule has 0 fully saturated rings. The summed E-state index contributed by atoms with van der Waals surface area (Å²) in [6.07, 6.45) is 3.06. The maximum atomic E-state index is 12.6. The molecular formula is C21H26N2O2S. The summed E-state index contributed by atoms with van der Waals surface area (Å²) in [5.41, 5.74) is 3.33. The fourth-order valence-electron chi connectivity index (χ4n) is 3.26. The zero-order valence-electron chi connectivity index (χ0n) is 15.6. The van der Waals surface area contributed by atoms with Crippen molar-refractivity contribution in [2.45, 2.75) is 44.0 Å². The Bertz CT molecular complexity index is 778. The van der Waals surface area contributed by atoms with Gasteiger partial charge in [-0.1, -0.05) is 38.5 Å². The van der Waals surface area contributed by atoms with E-state index in [1.807, 2.05) is 30.3 Å². The summed E-state index contributed by atoms with van der Waals surface area (Å²) in [5.74, 6) is 0.891. The second-order valence-corrected chi connectivity index (χ2v) is 7.53. The number of anilines is 1. The molecule has 1 N–H and O–H groups in total. The molecule has 0 saturated heterocycles. The van der Waals surface area contributed by atoms with E-state index in [1.54, 1.807) is 19.1 Å². The molecule has 138 valence electrons. The highest BCUT2D eigenvalue weighted by Crippen LogP contribution is 2.47. The molecule has 3 rings (SSSR count). The van der Waals surface area contributed by atoms with E-state index in [9.17, 15) is 4.79 Å². The number of methoxy groups -OCH3 is 1. The number of hydrogen-bond acceptors (Lipinski definition) is 4. The van der Waals surface area contributed by atoms with Gasteiger partial charge in [-0.05, 0) is 54.6 Å². The number of carbonyl (C=O) groups excluding carboxylic acids is 1. The maximum absolute atomic E-state index is 12.6. The number of amides is 1. The van der Waals surface area contributed by atoms with Crippen molar-refractivity contribution in [3.8, 4) is 16.9 Å². The molecule has 1 unspecified atom stereocenters. The van der Waals surface area contributed by atoms with Crippen LogP contribution in [0.25, 0.3) is 11.1 Å². The van der Waals surface area contributed by atoms with Crippen molar-refractivity contribution in [2.75, 3.05) is 18.0 Å². The SMILES string of the molecule is CCCC(CC)NC(=O)CN1Sc2ccccc2-c2cc(OC)ccc21. The largest absolute Gasteiger partial charge is 0.497 e. The zero-order valence-corrected chi connectivity index (χ0v) is 16.4. The molecule has 0 radical (unpaired) electrons. The third-order valence-electron chi connectivity index (χ3n) is 4.64. The molecular weight excluding hydrogens is 344 g/mol. The number of benzene rings is 2. The maximum Gasteiger partial charge on any atom is 0.240 e. The fourth-order valence-corrected chi connectivity index (χ4v) is 4.35. The van der Waals surface area contributed by atoms with Gasteiger partial charge < -0.3 is 14.4 Å². The number of hydrogen-bond donors (Lipinski definition) is 1. The molecule has 1 amide bonds. The topological polar surface area (TPSA) is 41.6 Å². The Balaban J connectivity index is 1.85. The van der Waals surface area contributed by atoms with Gasteiger partial charge in [0.15, 0.2) is 0 Å². The lowest BCUT2D eigenvalue weighted by Crippen LogP contribution is -2.40. The van der Waals surface area contributed by atoms with Gasteiger partial charge in [0, 0.05) is 16.5 Å². The summed E-state index contributed by atoms with van der Waals surface area (Å²) in [5, 5.41) is 3.17. The van der Waals surface area contributed by atoms with E-state index < -0.39 is 0 Å². The van der Waals surface area contributed by atoms with Crippen LogP contribution in [0.15, 0.2) is 47.4 Å². The van der Waals surface area contributed by atoms with Gasteiger partial charge in [0.05, 0.1) is 12.8 Å². The highest BCUT2D eigenvalue weighted by atomic mass is 32.2. The monoisotopic (exact) mass is 370 g/mol. The average Bonchev–Trinajstić information content (AvgIpc) is 2.67.